The van der Waals surface area contributed by atoms with Gasteiger partial charge in [-0.15, -0.1) is 0 Å². The molecule has 3 aliphatic carbocycles. The molecule has 4 heteroatoms. The SMILES string of the molecule is FC1C=Cc2nccc([C@H]3CC[C@@H](Cc4nc5cc(C6CC6)ccc5[nH]4)CC3)c2C1. The predicted octanol–water partition coefficient (Wildman–Crippen LogP) is 6.26. The molecule has 1 unspecified atom stereocenters. The summed E-state index contributed by atoms with van der Waals surface area (Å²) >= 11 is 0. The normalized spacial score (nSPS) is 26.1. The fraction of sp³-hybridized carbons (Fsp3) is 0.462. The Bertz CT molecular complexity index is 1100. The molecule has 3 aliphatic rings. The minimum absolute atomic E-state index is 0.483. The zero-order valence-electron chi connectivity index (χ0n) is 17.3. The summed E-state index contributed by atoms with van der Waals surface area (Å²) in [7, 11) is 0. The summed E-state index contributed by atoms with van der Waals surface area (Å²) < 4.78 is 13.9. The monoisotopic (exact) mass is 401 g/mol. The van der Waals surface area contributed by atoms with E-state index in [1.54, 1.807) is 6.08 Å². The van der Waals surface area contributed by atoms with Crippen molar-refractivity contribution in [1.29, 1.82) is 0 Å². The number of benzene rings is 1. The average Bonchev–Trinajstić information content (AvgIpc) is 3.54. The molecule has 2 saturated carbocycles. The van der Waals surface area contributed by atoms with E-state index < -0.39 is 6.17 Å². The molecule has 1 N–H and O–H groups in total. The van der Waals surface area contributed by atoms with Crippen LogP contribution in [0.3, 0.4) is 0 Å². The number of pyridine rings is 1. The molecule has 0 aliphatic heterocycles. The number of aromatic amines is 1. The Kier molecular flexibility index (Phi) is 4.47. The summed E-state index contributed by atoms with van der Waals surface area (Å²) in [5.74, 6) is 3.12. The van der Waals surface area contributed by atoms with Crippen molar-refractivity contribution in [1.82, 2.24) is 15.0 Å². The minimum atomic E-state index is -0.870. The molecule has 0 radical (unpaired) electrons. The Morgan fingerprint density at radius 2 is 1.83 bits per heavy atom. The van der Waals surface area contributed by atoms with Gasteiger partial charge in [-0.05, 0) is 103 Å². The van der Waals surface area contributed by atoms with Crippen LogP contribution in [0.2, 0.25) is 0 Å². The fourth-order valence-corrected chi connectivity index (χ4v) is 5.53. The van der Waals surface area contributed by atoms with E-state index in [2.05, 4.69) is 34.2 Å². The van der Waals surface area contributed by atoms with Crippen LogP contribution < -0.4 is 0 Å². The average molecular weight is 402 g/mol. The minimum Gasteiger partial charge on any atom is -0.342 e. The summed E-state index contributed by atoms with van der Waals surface area (Å²) in [6, 6.07) is 8.88. The van der Waals surface area contributed by atoms with Crippen molar-refractivity contribution in [3.05, 3.63) is 64.7 Å². The highest BCUT2D eigenvalue weighted by atomic mass is 19.1. The lowest BCUT2D eigenvalue weighted by molar-refractivity contribution is 0.319. The highest BCUT2D eigenvalue weighted by molar-refractivity contribution is 5.76. The lowest BCUT2D eigenvalue weighted by atomic mass is 9.75. The molecule has 0 saturated heterocycles. The molecule has 0 spiro atoms. The number of imidazole rings is 1. The van der Waals surface area contributed by atoms with E-state index in [0.717, 1.165) is 34.9 Å². The molecule has 154 valence electrons. The number of halogens is 1. The van der Waals surface area contributed by atoms with Crippen LogP contribution in [0.5, 0.6) is 0 Å². The van der Waals surface area contributed by atoms with E-state index in [4.69, 9.17) is 4.98 Å². The summed E-state index contributed by atoms with van der Waals surface area (Å²) in [5, 5.41) is 0. The number of aromatic nitrogens is 3. The third kappa shape index (κ3) is 3.46. The number of hydrogen-bond acceptors (Lipinski definition) is 2. The van der Waals surface area contributed by atoms with E-state index in [1.165, 1.54) is 55.2 Å². The van der Waals surface area contributed by atoms with Gasteiger partial charge >= 0.3 is 0 Å². The lowest BCUT2D eigenvalue weighted by Crippen LogP contribution is -2.19. The number of rotatable bonds is 4. The smallest absolute Gasteiger partial charge is 0.123 e. The van der Waals surface area contributed by atoms with Crippen LogP contribution >= 0.6 is 0 Å². The lowest BCUT2D eigenvalue weighted by Gasteiger charge is -2.30. The van der Waals surface area contributed by atoms with Crippen LogP contribution in [0.15, 0.2) is 36.5 Å². The maximum atomic E-state index is 13.9. The van der Waals surface area contributed by atoms with E-state index in [0.29, 0.717) is 18.3 Å². The highest BCUT2D eigenvalue weighted by Crippen LogP contribution is 2.41. The summed E-state index contributed by atoms with van der Waals surface area (Å²) in [6.07, 6.45) is 13.5. The quantitative estimate of drug-likeness (QED) is 0.561. The first kappa shape index (κ1) is 18.3. The Morgan fingerprint density at radius 3 is 2.67 bits per heavy atom. The summed E-state index contributed by atoms with van der Waals surface area (Å²) in [4.78, 5) is 12.9. The number of allylic oxidation sites excluding steroid dienone is 1. The second-order valence-electron chi connectivity index (χ2n) is 9.50. The zero-order chi connectivity index (χ0) is 20.1. The second-order valence-corrected chi connectivity index (χ2v) is 9.50. The predicted molar refractivity (Wildman–Crippen MR) is 118 cm³/mol. The maximum absolute atomic E-state index is 13.9. The van der Waals surface area contributed by atoms with Gasteiger partial charge < -0.3 is 4.98 Å². The molecule has 3 nitrogen and oxygen atoms in total. The van der Waals surface area contributed by atoms with E-state index in [1.807, 2.05) is 12.3 Å². The number of H-pyrrole nitrogens is 1. The molecule has 30 heavy (non-hydrogen) atoms. The zero-order valence-corrected chi connectivity index (χ0v) is 17.3. The molecule has 1 aromatic carbocycles. The number of fused-ring (bicyclic) bond motifs is 2. The molecule has 2 heterocycles. The number of alkyl halides is 1. The number of nitrogens with one attached hydrogen (secondary N) is 1. The first-order valence-electron chi connectivity index (χ1n) is 11.5. The molecule has 6 rings (SSSR count). The first-order valence-corrected chi connectivity index (χ1v) is 11.5. The Labute approximate surface area is 176 Å². The van der Waals surface area contributed by atoms with E-state index in [9.17, 15) is 4.39 Å². The van der Waals surface area contributed by atoms with Gasteiger partial charge in [0.15, 0.2) is 0 Å². The molecule has 2 aromatic heterocycles. The van der Waals surface area contributed by atoms with Crippen molar-refractivity contribution >= 4 is 17.1 Å². The molecule has 0 amide bonds. The topological polar surface area (TPSA) is 41.6 Å². The Balaban J connectivity index is 1.13. The Hall–Kier alpha value is -2.49. The van der Waals surface area contributed by atoms with Crippen molar-refractivity contribution in [3.8, 4) is 0 Å². The molecule has 2 fully saturated rings. The van der Waals surface area contributed by atoms with Gasteiger partial charge in [-0.3, -0.25) is 4.98 Å². The fourth-order valence-electron chi connectivity index (χ4n) is 5.53. The van der Waals surface area contributed by atoms with Crippen molar-refractivity contribution in [2.45, 2.75) is 69.4 Å². The number of hydrogen-bond donors (Lipinski definition) is 1. The number of nitrogens with zero attached hydrogens (tertiary/aromatic N) is 2. The molecule has 1 atom stereocenters. The van der Waals surface area contributed by atoms with E-state index >= 15 is 0 Å². The molecular weight excluding hydrogens is 373 g/mol. The third-order valence-corrected chi connectivity index (χ3v) is 7.36. The van der Waals surface area contributed by atoms with E-state index in [-0.39, 0.29) is 0 Å². The van der Waals surface area contributed by atoms with Gasteiger partial charge in [0.1, 0.15) is 12.0 Å². The Morgan fingerprint density at radius 1 is 1.00 bits per heavy atom. The van der Waals surface area contributed by atoms with Crippen molar-refractivity contribution in [2.24, 2.45) is 5.92 Å². The molecular formula is C26H28FN3. The van der Waals surface area contributed by atoms with Crippen LogP contribution in [-0.4, -0.2) is 21.1 Å². The van der Waals surface area contributed by atoms with Crippen LogP contribution in [0.25, 0.3) is 17.1 Å². The van der Waals surface area contributed by atoms with Crippen molar-refractivity contribution in [3.63, 3.8) is 0 Å². The summed E-state index contributed by atoms with van der Waals surface area (Å²) in [5.41, 5.74) is 7.19. The molecule has 0 bridgehead atoms. The van der Waals surface area contributed by atoms with Crippen molar-refractivity contribution in [2.75, 3.05) is 0 Å². The highest BCUT2D eigenvalue weighted by Gasteiger charge is 2.28. The largest absolute Gasteiger partial charge is 0.342 e. The van der Waals surface area contributed by atoms with Gasteiger partial charge in [0.25, 0.3) is 0 Å². The van der Waals surface area contributed by atoms with Gasteiger partial charge in [0, 0.05) is 19.0 Å². The van der Waals surface area contributed by atoms with Gasteiger partial charge in [-0.2, -0.15) is 0 Å². The van der Waals surface area contributed by atoms with Gasteiger partial charge in [0.2, 0.25) is 0 Å². The van der Waals surface area contributed by atoms with Crippen LogP contribution in [0, 0.1) is 5.92 Å². The second kappa shape index (κ2) is 7.33. The van der Waals surface area contributed by atoms with Gasteiger partial charge in [-0.1, -0.05) is 6.07 Å². The first-order chi connectivity index (χ1) is 14.7. The third-order valence-electron chi connectivity index (χ3n) is 7.36. The maximum Gasteiger partial charge on any atom is 0.123 e. The standard InChI is InChI=1S/C26H28FN3/c27-20-8-10-23-22(15-20)21(11-12-28-23)18-3-1-16(2-4-18)13-26-29-24-9-7-19(17-5-6-17)14-25(24)30-26/h7-12,14,16-18,20H,1-6,13,15H2,(H,29,30)/t16-,18+,20?. The molecule has 3 aromatic rings. The van der Waals surface area contributed by atoms with Gasteiger partial charge in [-0.25, -0.2) is 9.37 Å². The summed E-state index contributed by atoms with van der Waals surface area (Å²) in [6.45, 7) is 0. The van der Waals surface area contributed by atoms with Crippen LogP contribution in [0.1, 0.15) is 78.6 Å². The van der Waals surface area contributed by atoms with Crippen LogP contribution in [-0.2, 0) is 12.8 Å². The van der Waals surface area contributed by atoms with Crippen LogP contribution in [0.4, 0.5) is 4.39 Å². The van der Waals surface area contributed by atoms with Crippen molar-refractivity contribution < 1.29 is 4.39 Å². The van der Waals surface area contributed by atoms with Gasteiger partial charge in [0.05, 0.1) is 16.7 Å².